The van der Waals surface area contributed by atoms with Crippen molar-refractivity contribution in [3.63, 3.8) is 0 Å². The van der Waals surface area contributed by atoms with E-state index in [0.29, 0.717) is 0 Å². The summed E-state index contributed by atoms with van der Waals surface area (Å²) in [6, 6.07) is 27.2. The Labute approximate surface area is 157 Å². The summed E-state index contributed by atoms with van der Waals surface area (Å²) in [5, 5.41) is 1.15. The zero-order valence-electron chi connectivity index (χ0n) is 12.7. The van der Waals surface area contributed by atoms with Gasteiger partial charge in [-0.1, -0.05) is 74.3 Å². The van der Waals surface area contributed by atoms with E-state index in [1.165, 1.54) is 0 Å². The molecule has 0 amide bonds. The van der Waals surface area contributed by atoms with E-state index in [2.05, 4.69) is 105 Å². The van der Waals surface area contributed by atoms with Gasteiger partial charge in [-0.3, -0.25) is 0 Å². The molecule has 0 spiro atoms. The molecule has 0 aliphatic rings. The maximum Gasteiger partial charge on any atom is 0.0788 e. The maximum absolute atomic E-state index is 4.95. The average molecular weight is 439 g/mol. The third kappa shape index (κ3) is 3.02. The molecule has 24 heavy (non-hydrogen) atoms. The van der Waals surface area contributed by atoms with E-state index in [1.54, 1.807) is 0 Å². The zero-order chi connectivity index (χ0) is 16.5. The maximum atomic E-state index is 4.95. The Morgan fingerprint density at radius 3 is 1.88 bits per heavy atom. The van der Waals surface area contributed by atoms with Crippen LogP contribution in [0.2, 0.25) is 0 Å². The molecular formula is C21H13Br2N. The van der Waals surface area contributed by atoms with E-state index >= 15 is 0 Å². The Bertz CT molecular complexity index is 922. The summed E-state index contributed by atoms with van der Waals surface area (Å²) >= 11 is 7.01. The third-order valence-electron chi connectivity index (χ3n) is 4.00. The molecule has 0 unspecified atom stereocenters. The largest absolute Gasteiger partial charge is 0.247 e. The molecule has 116 valence electrons. The normalized spacial score (nSPS) is 10.9. The SMILES string of the molecule is Brc1ccc(-c2cc3ccccc3nc2-c2ccc(Br)cc2)cc1. The van der Waals surface area contributed by atoms with Gasteiger partial charge in [-0.25, -0.2) is 4.98 Å². The van der Waals surface area contributed by atoms with E-state index in [-0.39, 0.29) is 0 Å². The molecule has 0 aliphatic carbocycles. The van der Waals surface area contributed by atoms with Crippen molar-refractivity contribution in [2.24, 2.45) is 0 Å². The van der Waals surface area contributed by atoms with Gasteiger partial charge in [0, 0.05) is 25.5 Å². The number of aromatic nitrogens is 1. The number of hydrogen-bond donors (Lipinski definition) is 0. The summed E-state index contributed by atoms with van der Waals surface area (Å²) in [5.74, 6) is 0. The van der Waals surface area contributed by atoms with Gasteiger partial charge in [0.15, 0.2) is 0 Å². The summed E-state index contributed by atoms with van der Waals surface area (Å²) in [6.07, 6.45) is 0. The van der Waals surface area contributed by atoms with Crippen molar-refractivity contribution in [3.05, 3.63) is 87.8 Å². The van der Waals surface area contributed by atoms with Crippen molar-refractivity contribution >= 4 is 42.8 Å². The zero-order valence-corrected chi connectivity index (χ0v) is 15.9. The lowest BCUT2D eigenvalue weighted by molar-refractivity contribution is 1.39. The van der Waals surface area contributed by atoms with Crippen molar-refractivity contribution in [3.8, 4) is 22.4 Å². The molecule has 0 bridgehead atoms. The van der Waals surface area contributed by atoms with E-state index < -0.39 is 0 Å². The van der Waals surface area contributed by atoms with Crippen LogP contribution in [-0.2, 0) is 0 Å². The lowest BCUT2D eigenvalue weighted by Gasteiger charge is -2.12. The number of pyridine rings is 1. The summed E-state index contributed by atoms with van der Waals surface area (Å²) in [5.41, 5.74) is 5.43. The second-order valence-electron chi connectivity index (χ2n) is 5.59. The monoisotopic (exact) mass is 437 g/mol. The number of nitrogens with zero attached hydrogens (tertiary/aromatic N) is 1. The Kier molecular flexibility index (Phi) is 4.21. The Hall–Kier alpha value is -1.97. The summed E-state index contributed by atoms with van der Waals surface area (Å²) in [7, 11) is 0. The predicted octanol–water partition coefficient (Wildman–Crippen LogP) is 7.09. The van der Waals surface area contributed by atoms with Gasteiger partial charge >= 0.3 is 0 Å². The lowest BCUT2D eigenvalue weighted by Crippen LogP contribution is -1.91. The van der Waals surface area contributed by atoms with Crippen molar-refractivity contribution in [2.45, 2.75) is 0 Å². The molecule has 1 nitrogen and oxygen atoms in total. The summed E-state index contributed by atoms with van der Waals surface area (Å²) in [4.78, 5) is 4.95. The van der Waals surface area contributed by atoms with Gasteiger partial charge in [-0.15, -0.1) is 0 Å². The number of hydrogen-bond acceptors (Lipinski definition) is 1. The van der Waals surface area contributed by atoms with Crippen LogP contribution in [-0.4, -0.2) is 4.98 Å². The first kappa shape index (κ1) is 15.6. The van der Waals surface area contributed by atoms with Gasteiger partial charge in [0.1, 0.15) is 0 Å². The van der Waals surface area contributed by atoms with Gasteiger partial charge in [-0.2, -0.15) is 0 Å². The average Bonchev–Trinajstić information content (AvgIpc) is 2.62. The minimum absolute atomic E-state index is 1.00. The number of fused-ring (bicyclic) bond motifs is 1. The van der Waals surface area contributed by atoms with E-state index in [0.717, 1.165) is 42.2 Å². The first-order valence-electron chi connectivity index (χ1n) is 7.62. The van der Waals surface area contributed by atoms with E-state index in [9.17, 15) is 0 Å². The molecule has 4 aromatic rings. The molecule has 3 heteroatoms. The van der Waals surface area contributed by atoms with Crippen LogP contribution in [0.5, 0.6) is 0 Å². The van der Waals surface area contributed by atoms with Crippen LogP contribution < -0.4 is 0 Å². The van der Waals surface area contributed by atoms with Crippen LogP contribution in [0, 0.1) is 0 Å². The van der Waals surface area contributed by atoms with Crippen LogP contribution in [0.4, 0.5) is 0 Å². The fourth-order valence-electron chi connectivity index (χ4n) is 2.79. The fraction of sp³-hybridized carbons (Fsp3) is 0. The number of benzene rings is 3. The first-order valence-corrected chi connectivity index (χ1v) is 9.21. The smallest absolute Gasteiger partial charge is 0.0788 e. The van der Waals surface area contributed by atoms with Gasteiger partial charge < -0.3 is 0 Å². The van der Waals surface area contributed by atoms with Crippen LogP contribution in [0.25, 0.3) is 33.3 Å². The molecular weight excluding hydrogens is 426 g/mol. The molecule has 0 radical (unpaired) electrons. The highest BCUT2D eigenvalue weighted by atomic mass is 79.9. The molecule has 0 aliphatic heterocycles. The lowest BCUT2D eigenvalue weighted by atomic mass is 9.97. The highest BCUT2D eigenvalue weighted by Crippen LogP contribution is 2.34. The fourth-order valence-corrected chi connectivity index (χ4v) is 3.32. The third-order valence-corrected chi connectivity index (χ3v) is 5.05. The van der Waals surface area contributed by atoms with E-state index in [1.807, 2.05) is 6.07 Å². The van der Waals surface area contributed by atoms with Crippen LogP contribution in [0.3, 0.4) is 0 Å². The molecule has 0 N–H and O–H groups in total. The second-order valence-corrected chi connectivity index (χ2v) is 7.42. The van der Waals surface area contributed by atoms with Gasteiger partial charge in [0.05, 0.1) is 11.2 Å². The summed E-state index contributed by atoms with van der Waals surface area (Å²) in [6.45, 7) is 0. The minimum atomic E-state index is 1.00. The van der Waals surface area contributed by atoms with Crippen LogP contribution in [0.1, 0.15) is 0 Å². The van der Waals surface area contributed by atoms with Crippen LogP contribution >= 0.6 is 31.9 Å². The van der Waals surface area contributed by atoms with Gasteiger partial charge in [0.2, 0.25) is 0 Å². The highest BCUT2D eigenvalue weighted by Gasteiger charge is 2.11. The number of para-hydroxylation sites is 1. The van der Waals surface area contributed by atoms with Gasteiger partial charge in [0.25, 0.3) is 0 Å². The molecule has 4 rings (SSSR count). The van der Waals surface area contributed by atoms with Crippen molar-refractivity contribution in [1.82, 2.24) is 4.98 Å². The Balaban J connectivity index is 2.00. The molecule has 0 fully saturated rings. The van der Waals surface area contributed by atoms with E-state index in [4.69, 9.17) is 4.98 Å². The van der Waals surface area contributed by atoms with Gasteiger partial charge in [-0.05, 0) is 42.0 Å². The molecule has 0 atom stereocenters. The quantitative estimate of drug-likeness (QED) is 0.325. The van der Waals surface area contributed by atoms with Crippen molar-refractivity contribution in [2.75, 3.05) is 0 Å². The second kappa shape index (κ2) is 6.50. The highest BCUT2D eigenvalue weighted by molar-refractivity contribution is 9.10. The Morgan fingerprint density at radius 1 is 0.625 bits per heavy atom. The standard InChI is InChI=1S/C21H13Br2N/c22-17-9-5-14(6-10-17)19-13-16-3-1-2-4-20(16)24-21(19)15-7-11-18(23)12-8-15/h1-13H. The van der Waals surface area contributed by atoms with Crippen molar-refractivity contribution < 1.29 is 0 Å². The molecule has 0 saturated heterocycles. The number of halogens is 2. The topological polar surface area (TPSA) is 12.9 Å². The number of rotatable bonds is 2. The molecule has 1 aromatic heterocycles. The predicted molar refractivity (Wildman–Crippen MR) is 108 cm³/mol. The minimum Gasteiger partial charge on any atom is -0.247 e. The summed E-state index contributed by atoms with van der Waals surface area (Å²) < 4.78 is 2.14. The molecule has 1 heterocycles. The van der Waals surface area contributed by atoms with Crippen molar-refractivity contribution in [1.29, 1.82) is 0 Å². The van der Waals surface area contributed by atoms with Crippen LogP contribution in [0.15, 0.2) is 87.8 Å². The Morgan fingerprint density at radius 2 is 1.21 bits per heavy atom. The molecule has 0 saturated carbocycles. The molecule has 3 aromatic carbocycles. The first-order chi connectivity index (χ1) is 11.7.